The molecule has 0 aliphatic heterocycles. The highest BCUT2D eigenvalue weighted by Crippen LogP contribution is 2.53. The molecular weight excluding hydrogens is 210 g/mol. The lowest BCUT2D eigenvalue weighted by Gasteiger charge is -2.46. The Kier molecular flexibility index (Phi) is 2.64. The predicted octanol–water partition coefficient (Wildman–Crippen LogP) is 3.77. The number of methoxy groups -OCH3 is 1. The van der Waals surface area contributed by atoms with E-state index in [1.54, 1.807) is 31.4 Å². The fourth-order valence-electron chi connectivity index (χ4n) is 2.43. The van der Waals surface area contributed by atoms with Gasteiger partial charge in [0.15, 0.2) is 0 Å². The second-order valence-corrected chi connectivity index (χ2v) is 4.56. The summed E-state index contributed by atoms with van der Waals surface area (Å²) in [5.74, 6) is -2.02. The van der Waals surface area contributed by atoms with Gasteiger partial charge >= 0.3 is 0 Å². The molecule has 1 aromatic rings. The van der Waals surface area contributed by atoms with Crippen molar-refractivity contribution in [3.8, 4) is 5.75 Å². The molecule has 1 aliphatic carbocycles. The molecule has 16 heavy (non-hydrogen) atoms. The van der Waals surface area contributed by atoms with Crippen molar-refractivity contribution < 1.29 is 13.5 Å². The molecule has 0 unspecified atom stereocenters. The molecule has 0 aromatic heterocycles. The molecule has 2 rings (SSSR count). The van der Waals surface area contributed by atoms with Crippen LogP contribution in [0, 0.1) is 0 Å². The number of alkyl halides is 2. The van der Waals surface area contributed by atoms with Crippen LogP contribution in [0.15, 0.2) is 24.3 Å². The van der Waals surface area contributed by atoms with Crippen LogP contribution in [0.1, 0.15) is 31.7 Å². The van der Waals surface area contributed by atoms with Crippen molar-refractivity contribution in [3.05, 3.63) is 29.8 Å². The van der Waals surface area contributed by atoms with E-state index in [-0.39, 0.29) is 0 Å². The molecule has 1 aliphatic rings. The zero-order valence-corrected chi connectivity index (χ0v) is 9.59. The van der Waals surface area contributed by atoms with Gasteiger partial charge in [-0.1, -0.05) is 18.6 Å². The van der Waals surface area contributed by atoms with E-state index in [1.807, 2.05) is 0 Å². The summed E-state index contributed by atoms with van der Waals surface area (Å²) in [6.45, 7) is 1.02. The summed E-state index contributed by atoms with van der Waals surface area (Å²) in [4.78, 5) is 0. The summed E-state index contributed by atoms with van der Waals surface area (Å²) in [6, 6.07) is 7.07. The van der Waals surface area contributed by atoms with E-state index in [0.29, 0.717) is 24.2 Å². The van der Waals surface area contributed by atoms with E-state index in [2.05, 4.69) is 0 Å². The maximum atomic E-state index is 13.7. The molecule has 0 N–H and O–H groups in total. The zero-order chi connectivity index (χ0) is 11.8. The lowest BCUT2D eigenvalue weighted by atomic mass is 9.61. The van der Waals surface area contributed by atoms with Gasteiger partial charge < -0.3 is 4.74 Å². The highest BCUT2D eigenvalue weighted by molar-refractivity contribution is 5.37. The van der Waals surface area contributed by atoms with Crippen LogP contribution in [0.2, 0.25) is 0 Å². The van der Waals surface area contributed by atoms with Crippen molar-refractivity contribution in [3.63, 3.8) is 0 Å². The predicted molar refractivity (Wildman–Crippen MR) is 59.1 cm³/mol. The maximum Gasteiger partial charge on any atom is 0.254 e. The molecule has 0 saturated heterocycles. The van der Waals surface area contributed by atoms with E-state index in [9.17, 15) is 8.78 Å². The van der Waals surface area contributed by atoms with E-state index in [4.69, 9.17) is 4.74 Å². The van der Waals surface area contributed by atoms with Crippen molar-refractivity contribution in [1.82, 2.24) is 0 Å². The van der Waals surface area contributed by atoms with Gasteiger partial charge in [0.1, 0.15) is 5.75 Å². The molecule has 0 heterocycles. The van der Waals surface area contributed by atoms with Gasteiger partial charge in [-0.3, -0.25) is 0 Å². The van der Waals surface area contributed by atoms with Crippen LogP contribution in [0.5, 0.6) is 5.75 Å². The molecule has 1 nitrogen and oxygen atoms in total. The fraction of sp³-hybridized carbons (Fsp3) is 0.538. The molecular formula is C13H16F2O. The molecule has 0 amide bonds. The van der Waals surface area contributed by atoms with Crippen molar-refractivity contribution in [2.24, 2.45) is 0 Å². The summed E-state index contributed by atoms with van der Waals surface area (Å²) in [6.07, 6.45) is 1.99. The lowest BCUT2D eigenvalue weighted by Crippen LogP contribution is -2.48. The van der Waals surface area contributed by atoms with E-state index >= 15 is 0 Å². The monoisotopic (exact) mass is 226 g/mol. The maximum absolute atomic E-state index is 13.7. The molecule has 1 fully saturated rings. The topological polar surface area (TPSA) is 9.23 Å². The summed E-state index contributed by atoms with van der Waals surface area (Å²) in [7, 11) is 1.55. The molecule has 0 bridgehead atoms. The largest absolute Gasteiger partial charge is 0.497 e. The van der Waals surface area contributed by atoms with Crippen molar-refractivity contribution in [2.45, 2.75) is 37.5 Å². The molecule has 3 heteroatoms. The first-order chi connectivity index (χ1) is 7.49. The minimum atomic E-state index is -2.67. The van der Waals surface area contributed by atoms with Gasteiger partial charge in [0.25, 0.3) is 5.92 Å². The molecule has 0 radical (unpaired) electrons. The average Bonchev–Trinajstić information content (AvgIpc) is 2.14. The van der Waals surface area contributed by atoms with Gasteiger partial charge in [-0.2, -0.15) is 0 Å². The second kappa shape index (κ2) is 3.72. The molecule has 1 saturated carbocycles. The Morgan fingerprint density at radius 2 is 2.00 bits per heavy atom. The van der Waals surface area contributed by atoms with Crippen LogP contribution in [0.25, 0.3) is 0 Å². The van der Waals surface area contributed by atoms with E-state index < -0.39 is 11.3 Å². The summed E-state index contributed by atoms with van der Waals surface area (Å²) in [5, 5.41) is 0. The third-order valence-electron chi connectivity index (χ3n) is 3.67. The third kappa shape index (κ3) is 1.58. The van der Waals surface area contributed by atoms with Crippen LogP contribution in [0.4, 0.5) is 8.78 Å². The van der Waals surface area contributed by atoms with E-state index in [1.165, 1.54) is 0 Å². The first-order valence-corrected chi connectivity index (χ1v) is 5.52. The normalized spacial score (nSPS) is 19.0. The van der Waals surface area contributed by atoms with Crippen molar-refractivity contribution in [1.29, 1.82) is 0 Å². The Balaban J connectivity index is 2.41. The standard InChI is InChI=1S/C13H16F2O/c1-12(14,15)13(7-4-8-13)10-5-3-6-11(9-10)16-2/h3,5-6,9H,4,7-8H2,1-2H3. The van der Waals surface area contributed by atoms with Crippen LogP contribution >= 0.6 is 0 Å². The molecule has 0 atom stereocenters. The Hall–Kier alpha value is -1.12. The summed E-state index contributed by atoms with van der Waals surface area (Å²) < 4.78 is 32.5. The Bertz CT molecular complexity index is 378. The van der Waals surface area contributed by atoms with Gasteiger partial charge in [0.05, 0.1) is 12.5 Å². The number of hydrogen-bond donors (Lipinski definition) is 0. The van der Waals surface area contributed by atoms with Crippen LogP contribution in [-0.2, 0) is 5.41 Å². The zero-order valence-electron chi connectivity index (χ0n) is 9.59. The van der Waals surface area contributed by atoms with Gasteiger partial charge in [-0.15, -0.1) is 0 Å². The highest BCUT2D eigenvalue weighted by atomic mass is 19.3. The number of rotatable bonds is 3. The number of benzene rings is 1. The van der Waals surface area contributed by atoms with Crippen molar-refractivity contribution in [2.75, 3.05) is 7.11 Å². The molecule has 0 spiro atoms. The minimum Gasteiger partial charge on any atom is -0.497 e. The van der Waals surface area contributed by atoms with Crippen LogP contribution < -0.4 is 4.74 Å². The quantitative estimate of drug-likeness (QED) is 0.762. The lowest BCUT2D eigenvalue weighted by molar-refractivity contribution is -0.0970. The first kappa shape index (κ1) is 11.4. The Morgan fingerprint density at radius 3 is 2.44 bits per heavy atom. The molecule has 88 valence electrons. The van der Waals surface area contributed by atoms with Gasteiger partial charge in [-0.25, -0.2) is 8.78 Å². The smallest absolute Gasteiger partial charge is 0.254 e. The first-order valence-electron chi connectivity index (χ1n) is 5.52. The fourth-order valence-corrected chi connectivity index (χ4v) is 2.43. The molecule has 1 aromatic carbocycles. The van der Waals surface area contributed by atoms with Crippen LogP contribution in [0.3, 0.4) is 0 Å². The van der Waals surface area contributed by atoms with E-state index in [0.717, 1.165) is 13.3 Å². The van der Waals surface area contributed by atoms with Crippen molar-refractivity contribution >= 4 is 0 Å². The third-order valence-corrected chi connectivity index (χ3v) is 3.67. The average molecular weight is 226 g/mol. The number of hydrogen-bond acceptors (Lipinski definition) is 1. The Labute approximate surface area is 94.4 Å². The number of ether oxygens (including phenoxy) is 1. The van der Waals surface area contributed by atoms with Gasteiger partial charge in [0, 0.05) is 6.92 Å². The van der Waals surface area contributed by atoms with Gasteiger partial charge in [0.2, 0.25) is 0 Å². The minimum absolute atomic E-state index is 0.559. The van der Waals surface area contributed by atoms with Gasteiger partial charge in [-0.05, 0) is 30.5 Å². The highest BCUT2D eigenvalue weighted by Gasteiger charge is 2.54. The summed E-state index contributed by atoms with van der Waals surface area (Å²) in [5.41, 5.74) is -0.271. The SMILES string of the molecule is COc1cccc(C2(C(C)(F)F)CCC2)c1. The second-order valence-electron chi connectivity index (χ2n) is 4.56. The summed E-state index contributed by atoms with van der Waals surface area (Å²) >= 11 is 0. The van der Waals surface area contributed by atoms with Crippen LogP contribution in [-0.4, -0.2) is 13.0 Å². The number of halogens is 2. The Morgan fingerprint density at radius 1 is 1.31 bits per heavy atom.